The second-order valence-electron chi connectivity index (χ2n) is 10.8. The SMILES string of the molecule is COC(=O)CCC(=O)OC1=CC(=O)C=C2CC[C@@H]3[C@H]([C@@H](O)C[C@@]4(C)[C@H]3CC[C@]4(O)C(=O)CO)[C@]21C.[NaH]. The maximum atomic E-state index is 12.6. The van der Waals surface area contributed by atoms with Gasteiger partial charge in [0.15, 0.2) is 11.6 Å². The summed E-state index contributed by atoms with van der Waals surface area (Å²) in [7, 11) is 1.23. The fourth-order valence-corrected chi connectivity index (χ4v) is 7.61. The van der Waals surface area contributed by atoms with Gasteiger partial charge in [0.25, 0.3) is 0 Å². The topological polar surface area (TPSA) is 147 Å². The number of aliphatic hydroxyl groups is 3. The van der Waals surface area contributed by atoms with E-state index in [1.165, 1.54) is 13.2 Å². The zero-order valence-corrected chi connectivity index (χ0v) is 20.4. The normalized spacial score (nSPS) is 38.9. The van der Waals surface area contributed by atoms with Crippen LogP contribution in [0, 0.1) is 28.6 Å². The Balaban J connectivity index is 0.00000361. The third-order valence-corrected chi connectivity index (χ3v) is 9.38. The zero-order valence-electron chi connectivity index (χ0n) is 20.4. The summed E-state index contributed by atoms with van der Waals surface area (Å²) in [5.41, 5.74) is -2.77. The molecule has 0 saturated heterocycles. The van der Waals surface area contributed by atoms with Gasteiger partial charge < -0.3 is 24.8 Å². The Morgan fingerprint density at radius 2 is 1.78 bits per heavy atom. The molecule has 10 heteroatoms. The van der Waals surface area contributed by atoms with Gasteiger partial charge in [0.1, 0.15) is 18.0 Å². The fraction of sp³-hybridized carbons (Fsp3) is 0.692. The minimum absolute atomic E-state index is 0. The van der Waals surface area contributed by atoms with Crippen LogP contribution in [-0.4, -0.2) is 93.8 Å². The maximum absolute atomic E-state index is 12.6. The molecule has 0 aromatic rings. The van der Waals surface area contributed by atoms with Gasteiger partial charge in [-0.15, -0.1) is 0 Å². The van der Waals surface area contributed by atoms with Crippen molar-refractivity contribution in [2.75, 3.05) is 13.7 Å². The summed E-state index contributed by atoms with van der Waals surface area (Å²) in [6, 6.07) is 0. The van der Waals surface area contributed by atoms with E-state index >= 15 is 0 Å². The monoisotopic (exact) mass is 514 g/mol. The number of hydrogen-bond acceptors (Lipinski definition) is 9. The molecule has 4 aliphatic carbocycles. The number of carbonyl (C=O) groups is 4. The van der Waals surface area contributed by atoms with Crippen LogP contribution in [0.1, 0.15) is 58.8 Å². The van der Waals surface area contributed by atoms with Crippen molar-refractivity contribution < 1.29 is 44.0 Å². The molecule has 0 spiro atoms. The van der Waals surface area contributed by atoms with E-state index in [-0.39, 0.29) is 78.6 Å². The van der Waals surface area contributed by atoms with Crippen molar-refractivity contribution in [2.45, 2.75) is 70.5 Å². The fourth-order valence-electron chi connectivity index (χ4n) is 7.61. The molecule has 0 bridgehead atoms. The van der Waals surface area contributed by atoms with Gasteiger partial charge in [-0.1, -0.05) is 12.5 Å². The molecule has 0 heterocycles. The van der Waals surface area contributed by atoms with Crippen molar-refractivity contribution in [3.8, 4) is 0 Å². The van der Waals surface area contributed by atoms with Crippen LogP contribution in [0.25, 0.3) is 0 Å². The minimum atomic E-state index is -1.71. The molecule has 0 aliphatic heterocycles. The molecular weight excluding hydrogens is 479 g/mol. The first-order valence-corrected chi connectivity index (χ1v) is 12.2. The van der Waals surface area contributed by atoms with E-state index < -0.39 is 52.8 Å². The number of ether oxygens (including phenoxy) is 2. The summed E-state index contributed by atoms with van der Waals surface area (Å²) in [6.45, 7) is 2.93. The van der Waals surface area contributed by atoms with Gasteiger partial charge in [0.2, 0.25) is 0 Å². The van der Waals surface area contributed by atoms with E-state index in [4.69, 9.17) is 4.74 Å². The Morgan fingerprint density at radius 3 is 2.42 bits per heavy atom. The van der Waals surface area contributed by atoms with Crippen LogP contribution < -0.4 is 0 Å². The first kappa shape index (κ1) is 29.2. The molecule has 3 fully saturated rings. The molecule has 3 N–H and O–H groups in total. The zero-order chi connectivity index (χ0) is 25.8. The number of Topliss-reactive ketones (excluding diaryl/α,β-unsaturated/α-hetero) is 1. The number of aliphatic hydroxyl groups excluding tert-OH is 2. The predicted molar refractivity (Wildman–Crippen MR) is 128 cm³/mol. The summed E-state index contributed by atoms with van der Waals surface area (Å²) in [4.78, 5) is 49.0. The second kappa shape index (κ2) is 10.4. The number of ketones is 2. The summed E-state index contributed by atoms with van der Waals surface area (Å²) in [5, 5.41) is 32.4. The quantitative estimate of drug-likeness (QED) is 0.345. The number of fused-ring (bicyclic) bond motifs is 5. The molecule has 0 amide bonds. The second-order valence-corrected chi connectivity index (χ2v) is 10.8. The van der Waals surface area contributed by atoms with Crippen molar-refractivity contribution >= 4 is 53.1 Å². The van der Waals surface area contributed by atoms with Gasteiger partial charge in [-0.05, 0) is 56.9 Å². The molecule has 9 nitrogen and oxygen atoms in total. The van der Waals surface area contributed by atoms with Crippen molar-refractivity contribution in [3.05, 3.63) is 23.5 Å². The molecule has 0 aromatic carbocycles. The molecular formula is C26H35NaO9. The van der Waals surface area contributed by atoms with Gasteiger partial charge >= 0.3 is 41.5 Å². The van der Waals surface area contributed by atoms with Gasteiger partial charge in [-0.25, -0.2) is 0 Å². The van der Waals surface area contributed by atoms with E-state index in [9.17, 15) is 34.5 Å². The van der Waals surface area contributed by atoms with Crippen LogP contribution in [0.15, 0.2) is 23.5 Å². The first-order chi connectivity index (χ1) is 16.4. The predicted octanol–water partition coefficient (Wildman–Crippen LogP) is 0.733. The van der Waals surface area contributed by atoms with Crippen LogP contribution in [-0.2, 0) is 28.7 Å². The first-order valence-electron chi connectivity index (χ1n) is 12.2. The average molecular weight is 515 g/mol. The van der Waals surface area contributed by atoms with E-state index in [0.717, 1.165) is 5.57 Å². The van der Waals surface area contributed by atoms with Crippen LogP contribution in [0.5, 0.6) is 0 Å². The van der Waals surface area contributed by atoms with Crippen LogP contribution in [0.3, 0.4) is 0 Å². The Kier molecular flexibility index (Phi) is 8.45. The molecule has 0 unspecified atom stereocenters. The van der Waals surface area contributed by atoms with Gasteiger partial charge in [-0.2, -0.15) is 0 Å². The van der Waals surface area contributed by atoms with E-state index in [1.807, 2.05) is 13.8 Å². The van der Waals surface area contributed by atoms with Gasteiger partial charge in [0, 0.05) is 17.4 Å². The third-order valence-electron chi connectivity index (χ3n) is 9.38. The molecule has 4 aliphatic rings. The molecule has 7 atom stereocenters. The molecule has 4 rings (SSSR count). The number of rotatable bonds is 6. The Morgan fingerprint density at radius 1 is 1.11 bits per heavy atom. The van der Waals surface area contributed by atoms with Gasteiger partial charge in [0.05, 0.1) is 31.5 Å². The number of allylic oxidation sites excluding steroid dienone is 3. The Hall–Kier alpha value is -1.36. The van der Waals surface area contributed by atoms with Crippen molar-refractivity contribution in [1.82, 2.24) is 0 Å². The molecule has 0 radical (unpaired) electrons. The van der Waals surface area contributed by atoms with Crippen LogP contribution >= 0.6 is 0 Å². The Labute approximate surface area is 232 Å². The van der Waals surface area contributed by atoms with Crippen LogP contribution in [0.4, 0.5) is 0 Å². The number of esters is 2. The summed E-state index contributed by atoms with van der Waals surface area (Å²) < 4.78 is 10.2. The van der Waals surface area contributed by atoms with E-state index in [0.29, 0.717) is 19.3 Å². The molecule has 194 valence electrons. The van der Waals surface area contributed by atoms with E-state index in [2.05, 4.69) is 4.74 Å². The van der Waals surface area contributed by atoms with Crippen molar-refractivity contribution in [3.63, 3.8) is 0 Å². The molecule has 36 heavy (non-hydrogen) atoms. The van der Waals surface area contributed by atoms with Crippen molar-refractivity contribution in [1.29, 1.82) is 0 Å². The average Bonchev–Trinajstić information content (AvgIpc) is 3.08. The number of hydrogen-bond donors (Lipinski definition) is 3. The third kappa shape index (κ3) is 4.35. The standard InChI is InChI=1S/C26H34O9.Na.H/c1-24-12-18(29)23-16(17(24)8-9-26(24,33)19(30)13-27)5-4-14-10-15(28)11-20(25(14,23)2)35-22(32)7-6-21(31)34-3;;/h10-11,16-18,23,27,29,33H,4-9,12-13H2,1-3H3;;/t16-,17-,18-,23+,24-,25+,26-;;/m0../s1. The summed E-state index contributed by atoms with van der Waals surface area (Å²) in [6.07, 6.45) is 3.65. The number of carbonyl (C=O) groups excluding carboxylic acids is 4. The Bertz CT molecular complexity index is 1020. The van der Waals surface area contributed by atoms with Crippen LogP contribution in [0.2, 0.25) is 0 Å². The van der Waals surface area contributed by atoms with Crippen molar-refractivity contribution in [2.24, 2.45) is 28.6 Å². The summed E-state index contributed by atoms with van der Waals surface area (Å²) in [5.74, 6) is -2.58. The summed E-state index contributed by atoms with van der Waals surface area (Å²) >= 11 is 0. The van der Waals surface area contributed by atoms with E-state index in [1.54, 1.807) is 6.08 Å². The van der Waals surface area contributed by atoms with Gasteiger partial charge in [-0.3, -0.25) is 19.2 Å². The number of methoxy groups -OCH3 is 1. The molecule has 0 aromatic heterocycles. The molecule has 3 saturated carbocycles.